The van der Waals surface area contributed by atoms with Crippen molar-refractivity contribution in [2.45, 2.75) is 13.1 Å². The van der Waals surface area contributed by atoms with Gasteiger partial charge in [0.2, 0.25) is 0 Å². The molecule has 19 heavy (non-hydrogen) atoms. The molecule has 0 fully saturated rings. The first-order chi connectivity index (χ1) is 9.40. The van der Waals surface area contributed by atoms with E-state index in [1.807, 2.05) is 42.5 Å². The van der Waals surface area contributed by atoms with Crippen molar-refractivity contribution in [3.8, 4) is 5.75 Å². The number of aliphatic hydroxyl groups is 1. The normalized spacial score (nSPS) is 10.4. The third kappa shape index (κ3) is 4.39. The highest BCUT2D eigenvalue weighted by Crippen LogP contribution is 2.17. The van der Waals surface area contributed by atoms with E-state index in [0.717, 1.165) is 24.4 Å². The number of nitrogens with one attached hydrogen (secondary N) is 1. The second kappa shape index (κ2) is 7.56. The van der Waals surface area contributed by atoms with Gasteiger partial charge in [-0.15, -0.1) is 0 Å². The van der Waals surface area contributed by atoms with Gasteiger partial charge < -0.3 is 15.2 Å². The molecule has 3 nitrogen and oxygen atoms in total. The van der Waals surface area contributed by atoms with Crippen LogP contribution in [0.3, 0.4) is 0 Å². The van der Waals surface area contributed by atoms with Gasteiger partial charge in [-0.05, 0) is 11.6 Å². The van der Waals surface area contributed by atoms with Crippen LogP contribution in [0.5, 0.6) is 5.75 Å². The molecule has 2 N–H and O–H groups in total. The fourth-order valence-corrected chi connectivity index (χ4v) is 1.88. The van der Waals surface area contributed by atoms with Crippen molar-refractivity contribution in [3.05, 3.63) is 65.7 Å². The quantitative estimate of drug-likeness (QED) is 0.800. The summed E-state index contributed by atoms with van der Waals surface area (Å²) in [4.78, 5) is 0. The minimum absolute atomic E-state index is 0.0335. The molecule has 0 bridgehead atoms. The van der Waals surface area contributed by atoms with E-state index in [4.69, 9.17) is 9.84 Å². The largest absolute Gasteiger partial charge is 0.491 e. The summed E-state index contributed by atoms with van der Waals surface area (Å²) in [6, 6.07) is 18.2. The second-order valence-corrected chi connectivity index (χ2v) is 4.27. The molecule has 2 rings (SSSR count). The number of hydrogen-bond donors (Lipinski definition) is 2. The van der Waals surface area contributed by atoms with Gasteiger partial charge in [0.15, 0.2) is 0 Å². The Labute approximate surface area is 113 Å². The molecule has 0 aromatic heterocycles. The van der Waals surface area contributed by atoms with E-state index in [2.05, 4.69) is 17.4 Å². The molecule has 0 unspecified atom stereocenters. The zero-order valence-electron chi connectivity index (χ0n) is 10.9. The van der Waals surface area contributed by atoms with Crippen LogP contribution in [0.25, 0.3) is 0 Å². The summed E-state index contributed by atoms with van der Waals surface area (Å²) in [6.07, 6.45) is 0. The van der Waals surface area contributed by atoms with Gasteiger partial charge in [-0.25, -0.2) is 0 Å². The number of aliphatic hydroxyl groups excluding tert-OH is 1. The first-order valence-electron chi connectivity index (χ1n) is 6.46. The smallest absolute Gasteiger partial charge is 0.123 e. The molecule has 0 amide bonds. The Bertz CT molecular complexity index is 485. The fraction of sp³-hybridized carbons (Fsp3) is 0.250. The maximum absolute atomic E-state index is 8.80. The van der Waals surface area contributed by atoms with Crippen molar-refractivity contribution in [3.63, 3.8) is 0 Å². The SMILES string of the molecule is OCCOc1ccccc1CNCc1ccccc1. The number of hydrogen-bond acceptors (Lipinski definition) is 3. The summed E-state index contributed by atoms with van der Waals surface area (Å²) in [5.41, 5.74) is 2.36. The molecule has 0 atom stereocenters. The number of ether oxygens (including phenoxy) is 1. The minimum atomic E-state index is 0.0335. The van der Waals surface area contributed by atoms with Crippen molar-refractivity contribution in [2.75, 3.05) is 13.2 Å². The molecule has 2 aromatic rings. The highest BCUT2D eigenvalue weighted by Gasteiger charge is 2.02. The Kier molecular flexibility index (Phi) is 5.41. The molecular formula is C16H19NO2. The summed E-state index contributed by atoms with van der Waals surface area (Å²) in [5, 5.41) is 12.2. The number of benzene rings is 2. The van der Waals surface area contributed by atoms with E-state index >= 15 is 0 Å². The van der Waals surface area contributed by atoms with Crippen LogP contribution in [-0.2, 0) is 13.1 Å². The van der Waals surface area contributed by atoms with Crippen LogP contribution in [-0.4, -0.2) is 18.3 Å². The highest BCUT2D eigenvalue weighted by atomic mass is 16.5. The van der Waals surface area contributed by atoms with Crippen LogP contribution >= 0.6 is 0 Å². The van der Waals surface area contributed by atoms with Crippen molar-refractivity contribution < 1.29 is 9.84 Å². The standard InChI is InChI=1S/C16H19NO2/c18-10-11-19-16-9-5-4-8-15(16)13-17-12-14-6-2-1-3-7-14/h1-9,17-18H,10-13H2. The van der Waals surface area contributed by atoms with Crippen LogP contribution in [0, 0.1) is 0 Å². The van der Waals surface area contributed by atoms with Crippen molar-refractivity contribution in [1.29, 1.82) is 0 Å². The van der Waals surface area contributed by atoms with Crippen LogP contribution in [0.4, 0.5) is 0 Å². The first-order valence-corrected chi connectivity index (χ1v) is 6.46. The van der Waals surface area contributed by atoms with Crippen molar-refractivity contribution >= 4 is 0 Å². The predicted molar refractivity (Wildman–Crippen MR) is 76.0 cm³/mol. The maximum Gasteiger partial charge on any atom is 0.123 e. The molecule has 0 aliphatic heterocycles. The van der Waals surface area contributed by atoms with Gasteiger partial charge in [-0.3, -0.25) is 0 Å². The average molecular weight is 257 g/mol. The second-order valence-electron chi connectivity index (χ2n) is 4.27. The molecule has 2 aromatic carbocycles. The van der Waals surface area contributed by atoms with Crippen molar-refractivity contribution in [2.24, 2.45) is 0 Å². The third-order valence-electron chi connectivity index (χ3n) is 2.81. The molecule has 100 valence electrons. The summed E-state index contributed by atoms with van der Waals surface area (Å²) >= 11 is 0. The first kappa shape index (κ1) is 13.6. The Hall–Kier alpha value is -1.84. The summed E-state index contributed by atoms with van der Waals surface area (Å²) < 4.78 is 5.50. The molecule has 0 saturated heterocycles. The molecule has 3 heteroatoms. The van der Waals surface area contributed by atoms with E-state index in [9.17, 15) is 0 Å². The molecular weight excluding hydrogens is 238 g/mol. The lowest BCUT2D eigenvalue weighted by atomic mass is 10.2. The van der Waals surface area contributed by atoms with Gasteiger partial charge in [0, 0.05) is 18.7 Å². The van der Waals surface area contributed by atoms with Gasteiger partial charge in [0.05, 0.1) is 6.61 Å². The van der Waals surface area contributed by atoms with E-state index in [-0.39, 0.29) is 6.61 Å². The van der Waals surface area contributed by atoms with E-state index in [0.29, 0.717) is 6.61 Å². The van der Waals surface area contributed by atoms with E-state index < -0.39 is 0 Å². The Morgan fingerprint density at radius 3 is 2.42 bits per heavy atom. The predicted octanol–water partition coefficient (Wildman–Crippen LogP) is 2.35. The van der Waals surface area contributed by atoms with Gasteiger partial charge >= 0.3 is 0 Å². The summed E-state index contributed by atoms with van der Waals surface area (Å²) in [7, 11) is 0. The molecule has 0 spiro atoms. The Morgan fingerprint density at radius 2 is 1.63 bits per heavy atom. The molecule has 0 radical (unpaired) electrons. The number of rotatable bonds is 7. The Morgan fingerprint density at radius 1 is 0.895 bits per heavy atom. The highest BCUT2D eigenvalue weighted by molar-refractivity contribution is 5.33. The monoisotopic (exact) mass is 257 g/mol. The van der Waals surface area contributed by atoms with Crippen LogP contribution in [0.1, 0.15) is 11.1 Å². The number of para-hydroxylation sites is 1. The topological polar surface area (TPSA) is 41.5 Å². The Balaban J connectivity index is 1.88. The van der Waals surface area contributed by atoms with E-state index in [1.54, 1.807) is 0 Å². The summed E-state index contributed by atoms with van der Waals surface area (Å²) in [5.74, 6) is 0.831. The van der Waals surface area contributed by atoms with Crippen LogP contribution < -0.4 is 10.1 Å². The fourth-order valence-electron chi connectivity index (χ4n) is 1.88. The van der Waals surface area contributed by atoms with Gasteiger partial charge in [0.1, 0.15) is 12.4 Å². The average Bonchev–Trinajstić information content (AvgIpc) is 2.47. The third-order valence-corrected chi connectivity index (χ3v) is 2.81. The van der Waals surface area contributed by atoms with Crippen molar-refractivity contribution in [1.82, 2.24) is 5.32 Å². The van der Waals surface area contributed by atoms with E-state index in [1.165, 1.54) is 5.56 Å². The maximum atomic E-state index is 8.80. The molecule has 0 aliphatic carbocycles. The lowest BCUT2D eigenvalue weighted by Gasteiger charge is -2.11. The van der Waals surface area contributed by atoms with Crippen LogP contribution in [0.2, 0.25) is 0 Å². The lowest BCUT2D eigenvalue weighted by Crippen LogP contribution is -2.14. The molecule has 0 heterocycles. The lowest BCUT2D eigenvalue weighted by molar-refractivity contribution is 0.200. The molecule has 0 aliphatic rings. The van der Waals surface area contributed by atoms with Gasteiger partial charge in [-0.1, -0.05) is 48.5 Å². The van der Waals surface area contributed by atoms with Crippen LogP contribution in [0.15, 0.2) is 54.6 Å². The molecule has 0 saturated carbocycles. The zero-order valence-corrected chi connectivity index (χ0v) is 10.9. The van der Waals surface area contributed by atoms with Gasteiger partial charge in [-0.2, -0.15) is 0 Å². The minimum Gasteiger partial charge on any atom is -0.491 e. The zero-order chi connectivity index (χ0) is 13.3. The summed E-state index contributed by atoms with van der Waals surface area (Å²) in [6.45, 7) is 1.94. The van der Waals surface area contributed by atoms with Gasteiger partial charge in [0.25, 0.3) is 0 Å².